The van der Waals surface area contributed by atoms with Crippen molar-refractivity contribution in [2.24, 2.45) is 0 Å². The second kappa shape index (κ2) is 7.54. The minimum absolute atomic E-state index is 0.326. The van der Waals surface area contributed by atoms with Gasteiger partial charge in [-0.2, -0.15) is 0 Å². The molecule has 0 aliphatic heterocycles. The maximum absolute atomic E-state index is 2.46. The Kier molecular flexibility index (Phi) is 5.47. The van der Waals surface area contributed by atoms with Gasteiger partial charge in [-0.25, -0.2) is 0 Å². The first kappa shape index (κ1) is 14.5. The largest absolute Gasteiger partial charge is 0.0621 e. The minimum Gasteiger partial charge on any atom is -0.0621 e. The van der Waals surface area contributed by atoms with Gasteiger partial charge >= 0.3 is 0 Å². The molecule has 0 aromatic heterocycles. The summed E-state index contributed by atoms with van der Waals surface area (Å²) in [5.74, 6) is 0. The molecule has 0 unspecified atom stereocenters. The van der Waals surface area contributed by atoms with Crippen molar-refractivity contribution in [3.63, 3.8) is 0 Å². The highest BCUT2D eigenvalue weighted by atomic mass is 28.2. The molecule has 20 heavy (non-hydrogen) atoms. The average Bonchev–Trinajstić information content (AvgIpc) is 2.71. The summed E-state index contributed by atoms with van der Waals surface area (Å²) in [4.78, 5) is 0. The summed E-state index contributed by atoms with van der Waals surface area (Å²) in [6.07, 6.45) is 27.7. The molecule has 0 saturated heterocycles. The molecule has 2 saturated carbocycles. The first-order valence-electron chi connectivity index (χ1n) is 9.04. The van der Waals surface area contributed by atoms with Crippen LogP contribution in [0.1, 0.15) is 77.0 Å². The van der Waals surface area contributed by atoms with E-state index < -0.39 is 0 Å². The molecule has 0 heterocycles. The van der Waals surface area contributed by atoms with Gasteiger partial charge in [0, 0.05) is 8.41 Å². The quantitative estimate of drug-likeness (QED) is 0.444. The van der Waals surface area contributed by atoms with Crippen molar-refractivity contribution < 1.29 is 0 Å². The van der Waals surface area contributed by atoms with Crippen LogP contribution in [0.2, 0.25) is 11.1 Å². The Morgan fingerprint density at radius 3 is 1.40 bits per heavy atom. The summed E-state index contributed by atoms with van der Waals surface area (Å²) >= 11 is 0. The zero-order valence-electron chi connectivity index (χ0n) is 12.9. The zero-order valence-corrected chi connectivity index (χ0v) is 13.9. The van der Waals surface area contributed by atoms with Crippen LogP contribution < -0.4 is 0 Å². The Balaban J connectivity index is 1.85. The van der Waals surface area contributed by atoms with Crippen molar-refractivity contribution in [1.29, 1.82) is 0 Å². The third kappa shape index (κ3) is 3.61. The molecular weight excluding hydrogens is 256 g/mol. The van der Waals surface area contributed by atoms with Gasteiger partial charge < -0.3 is 0 Å². The highest BCUT2D eigenvalue weighted by molar-refractivity contribution is 6.77. The van der Waals surface area contributed by atoms with Crippen LogP contribution in [-0.4, -0.2) is 13.6 Å². The van der Waals surface area contributed by atoms with Gasteiger partial charge in [0.05, 0.1) is 0 Å². The highest BCUT2D eigenvalue weighted by Gasteiger charge is 2.27. The summed E-state index contributed by atoms with van der Waals surface area (Å²) < 4.78 is 0. The van der Waals surface area contributed by atoms with E-state index in [-0.39, 0.29) is 8.41 Å². The molecule has 0 spiro atoms. The summed E-state index contributed by atoms with van der Waals surface area (Å²) in [6, 6.07) is 0. The van der Waals surface area contributed by atoms with E-state index in [0.717, 1.165) is 11.1 Å². The van der Waals surface area contributed by atoms with E-state index in [0.29, 0.717) is 0 Å². The van der Waals surface area contributed by atoms with E-state index in [2.05, 4.69) is 24.3 Å². The summed E-state index contributed by atoms with van der Waals surface area (Å²) in [7, 11) is -0.326. The van der Waals surface area contributed by atoms with Gasteiger partial charge in [-0.1, -0.05) is 75.7 Å². The van der Waals surface area contributed by atoms with Crippen LogP contribution in [-0.2, 0) is 0 Å². The standard InChI is InChI=1S/C19H30Si/c1-2-6-12-17(11-5-1)20(19-15-9-10-16-19)18-13-7-3-4-8-14-18/h9-10,15-18H,1-8,11-14H2. The smallest absolute Gasteiger partial charge is 0.0258 e. The molecule has 0 bridgehead atoms. The fourth-order valence-electron chi connectivity index (χ4n) is 4.55. The third-order valence-corrected chi connectivity index (χ3v) is 9.50. The predicted octanol–water partition coefficient (Wildman–Crippen LogP) is 5.81. The molecule has 0 radical (unpaired) electrons. The van der Waals surface area contributed by atoms with E-state index >= 15 is 0 Å². The molecule has 1 heteroatoms. The Hall–Kier alpha value is -0.433. The number of allylic oxidation sites excluding steroid dienone is 4. The molecule has 0 aromatic carbocycles. The SMILES string of the molecule is C1=CC(=[Si](C2CCCCCC2)C2CCCCCC2)C=C1. The topological polar surface area (TPSA) is 0 Å². The normalized spacial score (nSPS) is 25.7. The van der Waals surface area contributed by atoms with E-state index in [1.165, 1.54) is 77.0 Å². The fourth-order valence-corrected chi connectivity index (χ4v) is 8.80. The minimum atomic E-state index is -0.326. The molecule has 3 aliphatic rings. The summed E-state index contributed by atoms with van der Waals surface area (Å²) in [6.45, 7) is 0. The molecule has 0 nitrogen and oxygen atoms in total. The van der Waals surface area contributed by atoms with Crippen LogP contribution in [0.4, 0.5) is 0 Å². The van der Waals surface area contributed by atoms with Crippen molar-refractivity contribution in [3.8, 4) is 0 Å². The van der Waals surface area contributed by atoms with Crippen LogP contribution in [0.5, 0.6) is 0 Å². The van der Waals surface area contributed by atoms with Gasteiger partial charge in [0.2, 0.25) is 0 Å². The lowest BCUT2D eigenvalue weighted by Gasteiger charge is -2.27. The highest BCUT2D eigenvalue weighted by Crippen LogP contribution is 2.38. The predicted molar refractivity (Wildman–Crippen MR) is 91.9 cm³/mol. The van der Waals surface area contributed by atoms with E-state index in [1.54, 1.807) is 5.17 Å². The van der Waals surface area contributed by atoms with Gasteiger partial charge in [-0.15, -0.1) is 0 Å². The van der Waals surface area contributed by atoms with Gasteiger partial charge in [0.15, 0.2) is 0 Å². The number of rotatable bonds is 2. The summed E-state index contributed by atoms with van der Waals surface area (Å²) in [5.41, 5.74) is 2.15. The molecule has 0 amide bonds. The first-order valence-corrected chi connectivity index (χ1v) is 10.7. The Morgan fingerprint density at radius 1 is 0.600 bits per heavy atom. The van der Waals surface area contributed by atoms with Gasteiger partial charge in [0.25, 0.3) is 0 Å². The van der Waals surface area contributed by atoms with Gasteiger partial charge in [0.1, 0.15) is 0 Å². The van der Waals surface area contributed by atoms with Crippen LogP contribution in [0.25, 0.3) is 0 Å². The van der Waals surface area contributed by atoms with E-state index in [1.807, 2.05) is 0 Å². The molecule has 3 aliphatic carbocycles. The van der Waals surface area contributed by atoms with E-state index in [4.69, 9.17) is 0 Å². The van der Waals surface area contributed by atoms with E-state index in [9.17, 15) is 0 Å². The van der Waals surface area contributed by atoms with Crippen molar-refractivity contribution in [3.05, 3.63) is 24.3 Å². The van der Waals surface area contributed by atoms with Gasteiger partial charge in [-0.3, -0.25) is 0 Å². The molecular formula is C19H30Si. The Morgan fingerprint density at radius 2 is 1.00 bits per heavy atom. The number of hydrogen-bond donors (Lipinski definition) is 0. The zero-order chi connectivity index (χ0) is 13.6. The van der Waals surface area contributed by atoms with Crippen LogP contribution in [0.3, 0.4) is 0 Å². The lowest BCUT2D eigenvalue weighted by Crippen LogP contribution is -2.25. The monoisotopic (exact) mass is 286 g/mol. The lowest BCUT2D eigenvalue weighted by molar-refractivity contribution is 0.637. The third-order valence-electron chi connectivity index (χ3n) is 5.59. The van der Waals surface area contributed by atoms with Gasteiger partial charge in [-0.05, 0) is 41.9 Å². The molecule has 0 aromatic rings. The molecule has 0 N–H and O–H groups in total. The molecule has 2 fully saturated rings. The van der Waals surface area contributed by atoms with Crippen molar-refractivity contribution in [2.75, 3.05) is 0 Å². The second-order valence-electron chi connectivity index (χ2n) is 7.01. The fraction of sp³-hybridized carbons (Fsp3) is 0.737. The molecule has 0 atom stereocenters. The molecule has 3 rings (SSSR count). The van der Waals surface area contributed by atoms with Crippen LogP contribution in [0, 0.1) is 0 Å². The Labute approximate surface area is 126 Å². The maximum atomic E-state index is 2.46. The van der Waals surface area contributed by atoms with Crippen molar-refractivity contribution >= 4 is 13.6 Å². The first-order chi connectivity index (χ1) is 9.95. The number of hydrogen-bond acceptors (Lipinski definition) is 0. The van der Waals surface area contributed by atoms with Crippen molar-refractivity contribution in [2.45, 2.75) is 88.1 Å². The maximum Gasteiger partial charge on any atom is 0.0258 e. The second-order valence-corrected chi connectivity index (χ2v) is 10.1. The average molecular weight is 287 g/mol. The molecule has 110 valence electrons. The Bertz CT molecular complexity index is 350. The van der Waals surface area contributed by atoms with Crippen LogP contribution in [0.15, 0.2) is 24.3 Å². The summed E-state index contributed by atoms with van der Waals surface area (Å²) in [5, 5.41) is 1.77. The van der Waals surface area contributed by atoms with Crippen LogP contribution >= 0.6 is 0 Å². The van der Waals surface area contributed by atoms with Crippen molar-refractivity contribution in [1.82, 2.24) is 0 Å². The lowest BCUT2D eigenvalue weighted by atomic mass is 10.2.